The van der Waals surface area contributed by atoms with Gasteiger partial charge in [0.15, 0.2) is 11.6 Å². The lowest BCUT2D eigenvalue weighted by atomic mass is 10.1. The molecule has 0 amide bonds. The van der Waals surface area contributed by atoms with Crippen LogP contribution in [0.2, 0.25) is 0 Å². The highest BCUT2D eigenvalue weighted by atomic mass is 19.1. The van der Waals surface area contributed by atoms with E-state index in [9.17, 15) is 13.9 Å². The van der Waals surface area contributed by atoms with E-state index >= 15 is 0 Å². The first-order valence-corrected chi connectivity index (χ1v) is 8.38. The minimum Gasteiger partial charge on any atom is -0.491 e. The maximum atomic E-state index is 14.0. The molecule has 0 saturated carbocycles. The third-order valence-electron chi connectivity index (χ3n) is 3.98. The predicted octanol–water partition coefficient (Wildman–Crippen LogP) is 3.53. The highest BCUT2D eigenvalue weighted by Gasteiger charge is 2.14. The number of pyridine rings is 1. The first kappa shape index (κ1) is 19.3. The summed E-state index contributed by atoms with van der Waals surface area (Å²) in [6, 6.07) is 7.24. The van der Waals surface area contributed by atoms with Crippen LogP contribution in [0.3, 0.4) is 0 Å². The molecule has 2 N–H and O–H groups in total. The van der Waals surface area contributed by atoms with E-state index in [2.05, 4.69) is 10.3 Å². The summed E-state index contributed by atoms with van der Waals surface area (Å²) in [5, 5.41) is 12.4. The van der Waals surface area contributed by atoms with Gasteiger partial charge in [0.1, 0.15) is 5.82 Å². The van der Waals surface area contributed by atoms with Gasteiger partial charge in [0, 0.05) is 18.2 Å². The van der Waals surface area contributed by atoms with Crippen LogP contribution in [-0.4, -0.2) is 29.3 Å². The average Bonchev–Trinajstić information content (AvgIpc) is 2.58. The molecule has 1 aromatic carbocycles. The zero-order chi connectivity index (χ0) is 18.4. The van der Waals surface area contributed by atoms with Crippen LogP contribution in [0.4, 0.5) is 8.78 Å². The zero-order valence-electron chi connectivity index (χ0n) is 14.7. The van der Waals surface area contributed by atoms with Crippen molar-refractivity contribution < 1.29 is 18.6 Å². The smallest absolute Gasteiger partial charge is 0.165 e. The van der Waals surface area contributed by atoms with Gasteiger partial charge in [0.25, 0.3) is 0 Å². The van der Waals surface area contributed by atoms with Crippen molar-refractivity contribution in [1.82, 2.24) is 10.3 Å². The molecule has 0 aliphatic heterocycles. The molecule has 0 fully saturated rings. The fraction of sp³-hybridized carbons (Fsp3) is 0.421. The molecule has 1 aromatic heterocycles. The van der Waals surface area contributed by atoms with Gasteiger partial charge >= 0.3 is 0 Å². The summed E-state index contributed by atoms with van der Waals surface area (Å²) >= 11 is 0. The third-order valence-corrected chi connectivity index (χ3v) is 3.98. The number of aromatic nitrogens is 1. The Labute approximate surface area is 146 Å². The molecule has 0 unspecified atom stereocenters. The van der Waals surface area contributed by atoms with Gasteiger partial charge in [0.05, 0.1) is 24.6 Å². The summed E-state index contributed by atoms with van der Waals surface area (Å²) in [5.41, 5.74) is 1.25. The summed E-state index contributed by atoms with van der Waals surface area (Å²) in [6.07, 6.45) is 0. The first-order chi connectivity index (χ1) is 12.0. The number of aliphatic hydroxyl groups is 1. The number of nitrogens with zero attached hydrogens (tertiary/aromatic N) is 1. The lowest BCUT2D eigenvalue weighted by Crippen LogP contribution is -2.36. The van der Waals surface area contributed by atoms with Crippen LogP contribution in [0.5, 0.6) is 5.75 Å². The van der Waals surface area contributed by atoms with E-state index < -0.39 is 11.6 Å². The molecule has 0 aliphatic rings. The van der Waals surface area contributed by atoms with E-state index in [-0.39, 0.29) is 36.6 Å². The molecule has 0 radical (unpaired) electrons. The van der Waals surface area contributed by atoms with Crippen LogP contribution in [-0.2, 0) is 6.54 Å². The van der Waals surface area contributed by atoms with Crippen LogP contribution in [0.1, 0.15) is 26.5 Å². The number of nitrogens with one attached hydrogen (secondary N) is 1. The maximum absolute atomic E-state index is 14.0. The molecular weight excluding hydrogens is 326 g/mol. The topological polar surface area (TPSA) is 54.4 Å². The highest BCUT2D eigenvalue weighted by Crippen LogP contribution is 2.25. The molecule has 0 bridgehead atoms. The summed E-state index contributed by atoms with van der Waals surface area (Å²) in [6.45, 7) is 6.24. The van der Waals surface area contributed by atoms with E-state index in [1.807, 2.05) is 13.8 Å². The normalized spacial score (nSPS) is 12.4. The Morgan fingerprint density at radius 3 is 2.52 bits per heavy atom. The van der Waals surface area contributed by atoms with Crippen molar-refractivity contribution in [3.05, 3.63) is 47.7 Å². The van der Waals surface area contributed by atoms with Gasteiger partial charge in [-0.05, 0) is 43.2 Å². The first-order valence-electron chi connectivity index (χ1n) is 8.38. The van der Waals surface area contributed by atoms with Crippen LogP contribution >= 0.6 is 0 Å². The number of hydrogen-bond acceptors (Lipinski definition) is 4. The fourth-order valence-corrected chi connectivity index (χ4v) is 2.44. The number of aliphatic hydroxyl groups excluding tert-OH is 1. The quantitative estimate of drug-likeness (QED) is 0.765. The minimum absolute atomic E-state index is 0.0386. The van der Waals surface area contributed by atoms with E-state index in [0.29, 0.717) is 17.9 Å². The van der Waals surface area contributed by atoms with Crippen molar-refractivity contribution in [3.8, 4) is 17.0 Å². The van der Waals surface area contributed by atoms with Crippen LogP contribution in [0, 0.1) is 17.6 Å². The molecule has 0 saturated heterocycles. The van der Waals surface area contributed by atoms with Crippen LogP contribution < -0.4 is 10.1 Å². The zero-order valence-corrected chi connectivity index (χ0v) is 14.7. The van der Waals surface area contributed by atoms with E-state index in [4.69, 9.17) is 4.74 Å². The Morgan fingerprint density at radius 2 is 1.92 bits per heavy atom. The summed E-state index contributed by atoms with van der Waals surface area (Å²) < 4.78 is 33.2. The van der Waals surface area contributed by atoms with Gasteiger partial charge in [-0.15, -0.1) is 0 Å². The van der Waals surface area contributed by atoms with Gasteiger partial charge in [-0.2, -0.15) is 0 Å². The van der Waals surface area contributed by atoms with Crippen molar-refractivity contribution >= 4 is 0 Å². The summed E-state index contributed by atoms with van der Waals surface area (Å²) in [5.74, 6) is -0.539. The van der Waals surface area contributed by atoms with Crippen molar-refractivity contribution in [2.24, 2.45) is 5.92 Å². The monoisotopic (exact) mass is 350 g/mol. The predicted molar refractivity (Wildman–Crippen MR) is 93.3 cm³/mol. The molecule has 2 aromatic rings. The fourth-order valence-electron chi connectivity index (χ4n) is 2.44. The minimum atomic E-state index is -0.481. The Hall–Kier alpha value is -2.05. The largest absolute Gasteiger partial charge is 0.491 e. The van der Waals surface area contributed by atoms with Crippen LogP contribution in [0.15, 0.2) is 30.3 Å². The molecule has 4 nitrogen and oxygen atoms in total. The SMILES string of the molecule is CCOc1ccc(-c2ccc(F)c(CN[C@@H](CO)C(C)C)n2)cc1F. The Morgan fingerprint density at radius 1 is 1.16 bits per heavy atom. The van der Waals surface area contributed by atoms with Gasteiger partial charge in [-0.1, -0.05) is 13.8 Å². The lowest BCUT2D eigenvalue weighted by molar-refractivity contribution is 0.209. The maximum Gasteiger partial charge on any atom is 0.165 e. The highest BCUT2D eigenvalue weighted by molar-refractivity contribution is 5.60. The van der Waals surface area contributed by atoms with Crippen molar-refractivity contribution in [3.63, 3.8) is 0 Å². The number of halogens is 2. The van der Waals surface area contributed by atoms with Crippen molar-refractivity contribution in [1.29, 1.82) is 0 Å². The average molecular weight is 350 g/mol. The van der Waals surface area contributed by atoms with Crippen LogP contribution in [0.25, 0.3) is 11.3 Å². The van der Waals surface area contributed by atoms with E-state index in [1.54, 1.807) is 13.0 Å². The second kappa shape index (κ2) is 8.87. The number of ether oxygens (including phenoxy) is 1. The lowest BCUT2D eigenvalue weighted by Gasteiger charge is -2.20. The molecule has 25 heavy (non-hydrogen) atoms. The van der Waals surface area contributed by atoms with E-state index in [1.165, 1.54) is 24.3 Å². The Bertz CT molecular complexity index is 708. The molecule has 6 heteroatoms. The third kappa shape index (κ3) is 4.96. The second-order valence-electron chi connectivity index (χ2n) is 6.12. The van der Waals surface area contributed by atoms with Gasteiger partial charge < -0.3 is 15.2 Å². The number of benzene rings is 1. The van der Waals surface area contributed by atoms with Crippen molar-refractivity contribution in [2.75, 3.05) is 13.2 Å². The summed E-state index contributed by atoms with van der Waals surface area (Å²) in [4.78, 5) is 4.30. The summed E-state index contributed by atoms with van der Waals surface area (Å²) in [7, 11) is 0. The second-order valence-corrected chi connectivity index (χ2v) is 6.12. The molecule has 2 rings (SSSR count). The van der Waals surface area contributed by atoms with E-state index in [0.717, 1.165) is 0 Å². The Kier molecular flexibility index (Phi) is 6.84. The molecule has 1 heterocycles. The van der Waals surface area contributed by atoms with Gasteiger partial charge in [0.2, 0.25) is 0 Å². The molecule has 0 aliphatic carbocycles. The molecular formula is C19H24F2N2O2. The Balaban J connectivity index is 2.22. The molecule has 0 spiro atoms. The molecule has 1 atom stereocenters. The molecule has 136 valence electrons. The standard InChI is InChI=1S/C19H24F2N2O2/c1-4-25-19-8-5-13(9-15(19)21)16-7-6-14(20)17(23-16)10-22-18(11-24)12(2)3/h5-9,12,18,22,24H,4,10-11H2,1-3H3/t18-/m0/s1. The van der Waals surface area contributed by atoms with Gasteiger partial charge in [-0.3, -0.25) is 0 Å². The van der Waals surface area contributed by atoms with Gasteiger partial charge in [-0.25, -0.2) is 13.8 Å². The number of hydrogen-bond donors (Lipinski definition) is 2. The van der Waals surface area contributed by atoms with Crippen molar-refractivity contribution in [2.45, 2.75) is 33.4 Å². The number of rotatable bonds is 8.